The first-order valence-corrected chi connectivity index (χ1v) is 3.53. The molecule has 0 amide bonds. The second kappa shape index (κ2) is 3.17. The molecular weight excluding hydrogens is 148 g/mol. The average molecular weight is 160 g/mol. The Kier molecular flexibility index (Phi) is 2.43. The van der Waals surface area contributed by atoms with E-state index in [0.29, 0.717) is 6.42 Å². The minimum absolute atomic E-state index is 0.0529. The Morgan fingerprint density at radius 2 is 2.36 bits per heavy atom. The average Bonchev–Trinajstić information content (AvgIpc) is 2.30. The van der Waals surface area contributed by atoms with Crippen LogP contribution >= 0.6 is 0 Å². The minimum atomic E-state index is -0.866. The van der Waals surface area contributed by atoms with E-state index in [1.807, 2.05) is 12.4 Å². The van der Waals surface area contributed by atoms with Gasteiger partial charge in [-0.05, 0) is 12.3 Å². The highest BCUT2D eigenvalue weighted by atomic mass is 16.5. The largest absolute Gasteiger partial charge is 0.480 e. The molecule has 5 heteroatoms. The molecule has 0 unspecified atom stereocenters. The van der Waals surface area contributed by atoms with Crippen LogP contribution in [0.5, 0.6) is 0 Å². The van der Waals surface area contributed by atoms with E-state index in [-0.39, 0.29) is 12.1 Å². The molecule has 0 spiro atoms. The predicted molar refractivity (Wildman–Crippen MR) is 37.1 cm³/mol. The summed E-state index contributed by atoms with van der Waals surface area (Å²) < 4.78 is 0. The normalized spacial score (nSPS) is 37.5. The SMILES string of the molecule is C[C@H]1C[C@@H](NO)N[C@@H]1C(=O)O. The van der Waals surface area contributed by atoms with Crippen molar-refractivity contribution in [3.63, 3.8) is 0 Å². The van der Waals surface area contributed by atoms with E-state index in [2.05, 4.69) is 5.32 Å². The molecule has 0 bridgehead atoms. The van der Waals surface area contributed by atoms with E-state index in [1.54, 1.807) is 0 Å². The van der Waals surface area contributed by atoms with Crippen LogP contribution in [0.15, 0.2) is 0 Å². The Morgan fingerprint density at radius 1 is 1.73 bits per heavy atom. The first-order chi connectivity index (χ1) is 5.15. The van der Waals surface area contributed by atoms with Crippen LogP contribution in [-0.4, -0.2) is 28.5 Å². The van der Waals surface area contributed by atoms with Gasteiger partial charge in [-0.25, -0.2) is 0 Å². The van der Waals surface area contributed by atoms with E-state index in [0.717, 1.165) is 0 Å². The Morgan fingerprint density at radius 3 is 2.64 bits per heavy atom. The molecule has 4 N–H and O–H groups in total. The summed E-state index contributed by atoms with van der Waals surface area (Å²) in [5, 5.41) is 19.8. The number of nitrogens with one attached hydrogen (secondary N) is 2. The van der Waals surface area contributed by atoms with Crippen LogP contribution < -0.4 is 10.8 Å². The number of hydrogen-bond acceptors (Lipinski definition) is 4. The van der Waals surface area contributed by atoms with Crippen molar-refractivity contribution in [2.45, 2.75) is 25.6 Å². The molecule has 0 aromatic carbocycles. The van der Waals surface area contributed by atoms with Gasteiger partial charge in [0.25, 0.3) is 0 Å². The van der Waals surface area contributed by atoms with Crippen LogP contribution in [0.3, 0.4) is 0 Å². The molecule has 0 aliphatic carbocycles. The van der Waals surface area contributed by atoms with Crippen molar-refractivity contribution >= 4 is 5.97 Å². The lowest BCUT2D eigenvalue weighted by molar-refractivity contribution is -0.140. The lowest BCUT2D eigenvalue weighted by Crippen LogP contribution is -2.42. The Balaban J connectivity index is 2.51. The third-order valence-electron chi connectivity index (χ3n) is 1.98. The summed E-state index contributed by atoms with van der Waals surface area (Å²) >= 11 is 0. The van der Waals surface area contributed by atoms with Gasteiger partial charge in [-0.15, -0.1) is 0 Å². The van der Waals surface area contributed by atoms with Gasteiger partial charge in [0.05, 0.1) is 6.17 Å². The highest BCUT2D eigenvalue weighted by Crippen LogP contribution is 2.17. The summed E-state index contributed by atoms with van der Waals surface area (Å²) in [7, 11) is 0. The molecule has 5 nitrogen and oxygen atoms in total. The standard InChI is InChI=1S/C6H12N2O3/c1-3-2-4(8-11)7-5(3)6(9)10/h3-5,7-8,11H,2H2,1H3,(H,9,10)/t3-,4+,5-/m0/s1. The molecule has 1 heterocycles. The first kappa shape index (κ1) is 8.45. The van der Waals surface area contributed by atoms with Gasteiger partial charge in [-0.2, -0.15) is 5.48 Å². The second-order valence-corrected chi connectivity index (χ2v) is 2.88. The molecule has 1 aliphatic rings. The van der Waals surface area contributed by atoms with Gasteiger partial charge < -0.3 is 10.3 Å². The third kappa shape index (κ3) is 1.68. The van der Waals surface area contributed by atoms with Crippen molar-refractivity contribution in [2.24, 2.45) is 5.92 Å². The van der Waals surface area contributed by atoms with Crippen LogP contribution in [0, 0.1) is 5.92 Å². The number of aliphatic carboxylic acids is 1. The molecule has 0 radical (unpaired) electrons. The van der Waals surface area contributed by atoms with Crippen molar-refractivity contribution in [1.82, 2.24) is 10.8 Å². The predicted octanol–water partition coefficient (Wildman–Crippen LogP) is -0.626. The summed E-state index contributed by atoms with van der Waals surface area (Å²) in [6, 6.07) is -0.542. The van der Waals surface area contributed by atoms with Gasteiger partial charge in [0.15, 0.2) is 0 Å². The van der Waals surface area contributed by atoms with Gasteiger partial charge in [-0.3, -0.25) is 10.1 Å². The van der Waals surface area contributed by atoms with Crippen LogP contribution in [0.4, 0.5) is 0 Å². The number of carboxylic acids is 1. The first-order valence-electron chi connectivity index (χ1n) is 3.53. The van der Waals surface area contributed by atoms with E-state index in [1.165, 1.54) is 0 Å². The zero-order chi connectivity index (χ0) is 8.43. The van der Waals surface area contributed by atoms with E-state index < -0.39 is 12.0 Å². The van der Waals surface area contributed by atoms with Crippen LogP contribution in [-0.2, 0) is 4.79 Å². The maximum atomic E-state index is 10.5. The number of carboxylic acid groups (broad SMARTS) is 1. The molecule has 64 valence electrons. The quantitative estimate of drug-likeness (QED) is 0.404. The monoisotopic (exact) mass is 160 g/mol. The van der Waals surface area contributed by atoms with Gasteiger partial charge in [-0.1, -0.05) is 6.92 Å². The number of carbonyl (C=O) groups is 1. The summed E-state index contributed by atoms with van der Waals surface area (Å²) in [5.74, 6) is -0.813. The fourth-order valence-electron chi connectivity index (χ4n) is 1.36. The summed E-state index contributed by atoms with van der Waals surface area (Å²) in [6.45, 7) is 1.84. The summed E-state index contributed by atoms with van der Waals surface area (Å²) in [6.07, 6.45) is 0.346. The van der Waals surface area contributed by atoms with Crippen LogP contribution in [0.2, 0.25) is 0 Å². The molecule has 0 aromatic rings. The van der Waals surface area contributed by atoms with Crippen molar-refractivity contribution in [3.05, 3.63) is 0 Å². The molecule has 1 saturated heterocycles. The van der Waals surface area contributed by atoms with Crippen molar-refractivity contribution in [3.8, 4) is 0 Å². The highest BCUT2D eigenvalue weighted by Gasteiger charge is 2.34. The molecule has 3 atom stereocenters. The maximum Gasteiger partial charge on any atom is 0.321 e. The molecule has 1 rings (SSSR count). The Labute approximate surface area is 64.4 Å². The zero-order valence-corrected chi connectivity index (χ0v) is 6.24. The maximum absolute atomic E-state index is 10.5. The summed E-state index contributed by atoms with van der Waals surface area (Å²) in [5.41, 5.74) is 2.00. The number of rotatable bonds is 2. The molecule has 1 fully saturated rings. The minimum Gasteiger partial charge on any atom is -0.480 e. The molecule has 1 aliphatic heterocycles. The molecule has 0 aromatic heterocycles. The lowest BCUT2D eigenvalue weighted by atomic mass is 10.0. The van der Waals surface area contributed by atoms with Gasteiger partial charge in [0, 0.05) is 0 Å². The molecule has 0 saturated carbocycles. The van der Waals surface area contributed by atoms with Crippen LogP contribution in [0.1, 0.15) is 13.3 Å². The van der Waals surface area contributed by atoms with E-state index in [4.69, 9.17) is 10.3 Å². The van der Waals surface area contributed by atoms with Crippen molar-refractivity contribution < 1.29 is 15.1 Å². The second-order valence-electron chi connectivity index (χ2n) is 2.88. The van der Waals surface area contributed by atoms with Crippen LogP contribution in [0.25, 0.3) is 0 Å². The van der Waals surface area contributed by atoms with Gasteiger partial charge in [0.2, 0.25) is 0 Å². The topological polar surface area (TPSA) is 81.6 Å². The van der Waals surface area contributed by atoms with E-state index >= 15 is 0 Å². The highest BCUT2D eigenvalue weighted by molar-refractivity contribution is 5.74. The lowest BCUT2D eigenvalue weighted by Gasteiger charge is -2.09. The van der Waals surface area contributed by atoms with Crippen molar-refractivity contribution in [2.75, 3.05) is 0 Å². The van der Waals surface area contributed by atoms with Crippen molar-refractivity contribution in [1.29, 1.82) is 0 Å². The molecular formula is C6H12N2O3. The van der Waals surface area contributed by atoms with Gasteiger partial charge >= 0.3 is 5.97 Å². The zero-order valence-electron chi connectivity index (χ0n) is 6.24. The number of hydroxylamine groups is 1. The smallest absolute Gasteiger partial charge is 0.321 e. The van der Waals surface area contributed by atoms with E-state index in [9.17, 15) is 4.79 Å². The Hall–Kier alpha value is -0.650. The summed E-state index contributed by atoms with van der Waals surface area (Å²) in [4.78, 5) is 10.5. The third-order valence-corrected chi connectivity index (χ3v) is 1.98. The Bertz CT molecular complexity index is 162. The fraction of sp³-hybridized carbons (Fsp3) is 0.833. The number of hydrogen-bond donors (Lipinski definition) is 4. The fourth-order valence-corrected chi connectivity index (χ4v) is 1.36. The van der Waals surface area contributed by atoms with Gasteiger partial charge in [0.1, 0.15) is 6.04 Å². The molecule has 11 heavy (non-hydrogen) atoms.